The lowest BCUT2D eigenvalue weighted by atomic mass is 9.77. The maximum atomic E-state index is 13.4. The first kappa shape index (κ1) is 14.0. The quantitative estimate of drug-likeness (QED) is 0.855. The van der Waals surface area contributed by atoms with Crippen LogP contribution >= 0.6 is 0 Å². The number of hydrogen-bond acceptors (Lipinski definition) is 3. The van der Waals surface area contributed by atoms with Gasteiger partial charge in [-0.05, 0) is 24.8 Å². The van der Waals surface area contributed by atoms with Gasteiger partial charge in [0.15, 0.2) is 0 Å². The molecular weight excluding hydrogens is 245 g/mol. The van der Waals surface area contributed by atoms with Crippen LogP contribution in [0.25, 0.3) is 0 Å². The van der Waals surface area contributed by atoms with Crippen LogP contribution in [0.4, 0.5) is 4.39 Å². The number of halogens is 1. The molecule has 0 bridgehead atoms. The minimum atomic E-state index is -0.900. The van der Waals surface area contributed by atoms with Crippen molar-refractivity contribution in [1.29, 1.82) is 0 Å². The summed E-state index contributed by atoms with van der Waals surface area (Å²) in [4.78, 5) is 12.1. The molecule has 0 amide bonds. The molecule has 0 radical (unpaired) electrons. The smallest absolute Gasteiger partial charge is 0.326 e. The van der Waals surface area contributed by atoms with Crippen molar-refractivity contribution in [3.8, 4) is 0 Å². The van der Waals surface area contributed by atoms with Crippen molar-refractivity contribution in [2.75, 3.05) is 0 Å². The van der Waals surface area contributed by atoms with Gasteiger partial charge in [0.25, 0.3) is 0 Å². The molecule has 0 saturated heterocycles. The Morgan fingerprint density at radius 2 is 2.26 bits per heavy atom. The van der Waals surface area contributed by atoms with Crippen molar-refractivity contribution in [3.63, 3.8) is 0 Å². The lowest BCUT2D eigenvalue weighted by Gasteiger charge is -2.34. The molecule has 1 aliphatic rings. The van der Waals surface area contributed by atoms with Crippen LogP contribution in [0.2, 0.25) is 0 Å². The summed E-state index contributed by atoms with van der Waals surface area (Å²) in [6.45, 7) is 2.03. The van der Waals surface area contributed by atoms with Crippen LogP contribution in [0, 0.1) is 11.7 Å². The van der Waals surface area contributed by atoms with Crippen LogP contribution in [0.3, 0.4) is 0 Å². The van der Waals surface area contributed by atoms with Crippen LogP contribution in [0.1, 0.15) is 38.2 Å². The van der Waals surface area contributed by atoms with Crippen molar-refractivity contribution in [1.82, 2.24) is 0 Å². The summed E-state index contributed by atoms with van der Waals surface area (Å²) in [5.41, 5.74) is 5.61. The zero-order valence-corrected chi connectivity index (χ0v) is 11.2. The van der Waals surface area contributed by atoms with Crippen molar-refractivity contribution in [2.24, 2.45) is 11.7 Å². The second kappa shape index (κ2) is 5.70. The predicted molar refractivity (Wildman–Crippen MR) is 70.7 cm³/mol. The summed E-state index contributed by atoms with van der Waals surface area (Å²) in [5.74, 6) is -0.347. The highest BCUT2D eigenvalue weighted by Gasteiger charge is 2.39. The van der Waals surface area contributed by atoms with Gasteiger partial charge in [-0.25, -0.2) is 4.39 Å². The zero-order valence-electron chi connectivity index (χ0n) is 11.2. The Kier molecular flexibility index (Phi) is 4.20. The summed E-state index contributed by atoms with van der Waals surface area (Å²) in [5, 5.41) is 0. The van der Waals surface area contributed by atoms with Gasteiger partial charge < -0.3 is 10.5 Å². The van der Waals surface area contributed by atoms with Gasteiger partial charge in [0.05, 0.1) is 0 Å². The summed E-state index contributed by atoms with van der Waals surface area (Å²) in [6.07, 6.45) is 3.32. The van der Waals surface area contributed by atoms with E-state index in [1.165, 1.54) is 6.07 Å². The third-order valence-electron chi connectivity index (χ3n) is 3.76. The second-order valence-electron chi connectivity index (χ2n) is 5.53. The summed E-state index contributed by atoms with van der Waals surface area (Å²) in [6, 6.07) is 6.28. The van der Waals surface area contributed by atoms with Crippen molar-refractivity contribution in [2.45, 2.75) is 44.8 Å². The molecule has 104 valence electrons. The molecule has 0 heterocycles. The molecule has 2 unspecified atom stereocenters. The number of carbonyl (C=O) groups excluding carboxylic acids is 1. The maximum Gasteiger partial charge on any atom is 0.326 e. The van der Waals surface area contributed by atoms with Crippen LogP contribution in [0.5, 0.6) is 0 Å². The molecule has 4 heteroatoms. The van der Waals surface area contributed by atoms with Gasteiger partial charge in [-0.2, -0.15) is 0 Å². The number of benzene rings is 1. The fraction of sp³-hybridized carbons (Fsp3) is 0.533. The molecule has 2 N–H and O–H groups in total. The Morgan fingerprint density at radius 1 is 1.53 bits per heavy atom. The number of esters is 1. The number of rotatable bonds is 3. The molecule has 0 spiro atoms. The second-order valence-corrected chi connectivity index (χ2v) is 5.53. The molecule has 1 aromatic carbocycles. The Balaban J connectivity index is 1.96. The van der Waals surface area contributed by atoms with Gasteiger partial charge in [0.1, 0.15) is 18.0 Å². The van der Waals surface area contributed by atoms with Gasteiger partial charge >= 0.3 is 5.97 Å². The minimum absolute atomic E-state index is 0.0567. The van der Waals surface area contributed by atoms with E-state index in [2.05, 4.69) is 6.92 Å². The molecule has 19 heavy (non-hydrogen) atoms. The number of carbonyl (C=O) groups is 1. The van der Waals surface area contributed by atoms with Crippen LogP contribution in [-0.2, 0) is 16.1 Å². The van der Waals surface area contributed by atoms with Gasteiger partial charge in [0.2, 0.25) is 0 Å². The van der Waals surface area contributed by atoms with Gasteiger partial charge in [-0.3, -0.25) is 4.79 Å². The fourth-order valence-corrected chi connectivity index (χ4v) is 2.68. The zero-order chi connectivity index (χ0) is 13.9. The monoisotopic (exact) mass is 265 g/mol. The van der Waals surface area contributed by atoms with Crippen molar-refractivity contribution in [3.05, 3.63) is 35.6 Å². The third-order valence-corrected chi connectivity index (χ3v) is 3.76. The fourth-order valence-electron chi connectivity index (χ4n) is 2.68. The highest BCUT2D eigenvalue weighted by Crippen LogP contribution is 2.31. The SMILES string of the molecule is CC1CCCC(N)(C(=O)OCc2ccccc2F)C1. The Bertz CT molecular complexity index is 463. The van der Waals surface area contributed by atoms with E-state index < -0.39 is 11.5 Å². The van der Waals surface area contributed by atoms with E-state index in [1.54, 1.807) is 18.2 Å². The van der Waals surface area contributed by atoms with Crippen LogP contribution < -0.4 is 5.73 Å². The van der Waals surface area contributed by atoms with E-state index in [0.29, 0.717) is 24.3 Å². The van der Waals surface area contributed by atoms with Gasteiger partial charge in [-0.15, -0.1) is 0 Å². The minimum Gasteiger partial charge on any atom is -0.459 e. The molecule has 2 atom stereocenters. The topological polar surface area (TPSA) is 52.3 Å². The largest absolute Gasteiger partial charge is 0.459 e. The average molecular weight is 265 g/mol. The van der Waals surface area contributed by atoms with Gasteiger partial charge in [-0.1, -0.05) is 38.0 Å². The molecule has 2 rings (SSSR count). The Morgan fingerprint density at radius 3 is 2.95 bits per heavy atom. The third kappa shape index (κ3) is 3.32. The highest BCUT2D eigenvalue weighted by atomic mass is 19.1. The first-order chi connectivity index (χ1) is 9.01. The van der Waals surface area contributed by atoms with Gasteiger partial charge in [0, 0.05) is 5.56 Å². The molecule has 3 nitrogen and oxygen atoms in total. The number of ether oxygens (including phenoxy) is 1. The maximum absolute atomic E-state index is 13.4. The van der Waals surface area contributed by atoms with E-state index in [1.807, 2.05) is 0 Å². The van der Waals surface area contributed by atoms with E-state index >= 15 is 0 Å². The Labute approximate surface area is 112 Å². The van der Waals surface area contributed by atoms with E-state index in [9.17, 15) is 9.18 Å². The molecule has 0 aromatic heterocycles. The lowest BCUT2D eigenvalue weighted by molar-refractivity contribution is -0.153. The molecule has 0 aliphatic heterocycles. The molecule has 1 aromatic rings. The molecule has 1 fully saturated rings. The first-order valence-electron chi connectivity index (χ1n) is 6.71. The van der Waals surface area contributed by atoms with E-state index in [-0.39, 0.29) is 12.4 Å². The standard InChI is InChI=1S/C15H20FNO2/c1-11-5-4-8-15(17,9-11)14(18)19-10-12-6-2-3-7-13(12)16/h2-3,6-7,11H,4-5,8-10,17H2,1H3. The van der Waals surface area contributed by atoms with Crippen molar-refractivity contribution >= 4 is 5.97 Å². The molecule has 1 aliphatic carbocycles. The average Bonchev–Trinajstić information content (AvgIpc) is 2.37. The number of hydrogen-bond donors (Lipinski definition) is 1. The summed E-state index contributed by atoms with van der Waals surface area (Å²) < 4.78 is 18.6. The molecular formula is C15H20FNO2. The van der Waals surface area contributed by atoms with Crippen LogP contribution in [-0.4, -0.2) is 11.5 Å². The summed E-state index contributed by atoms with van der Waals surface area (Å²) in [7, 11) is 0. The van der Waals surface area contributed by atoms with Crippen LogP contribution in [0.15, 0.2) is 24.3 Å². The first-order valence-corrected chi connectivity index (χ1v) is 6.71. The normalized spacial score (nSPS) is 27.0. The summed E-state index contributed by atoms with van der Waals surface area (Å²) >= 11 is 0. The van der Waals surface area contributed by atoms with Crippen molar-refractivity contribution < 1.29 is 13.9 Å². The lowest BCUT2D eigenvalue weighted by Crippen LogP contribution is -2.51. The predicted octanol–water partition coefficient (Wildman–Crippen LogP) is 2.78. The van der Waals surface area contributed by atoms with E-state index in [0.717, 1.165) is 12.8 Å². The number of nitrogens with two attached hydrogens (primary N) is 1. The molecule has 1 saturated carbocycles. The van der Waals surface area contributed by atoms with E-state index in [4.69, 9.17) is 10.5 Å². The Hall–Kier alpha value is -1.42. The highest BCUT2D eigenvalue weighted by molar-refractivity contribution is 5.80.